The Kier molecular flexibility index (Phi) is 3.49. The highest BCUT2D eigenvalue weighted by molar-refractivity contribution is 5.70. The van der Waals surface area contributed by atoms with Crippen LogP contribution in [0.15, 0.2) is 0 Å². The molecule has 4 nitrogen and oxygen atoms in total. The van der Waals surface area contributed by atoms with Crippen LogP contribution in [0.4, 0.5) is 0 Å². The molecule has 12 heavy (non-hydrogen) atoms. The number of nitrogens with two attached hydrogens (primary N) is 1. The average Bonchev–Trinajstić information content (AvgIpc) is 2.07. The zero-order valence-corrected chi connectivity index (χ0v) is 7.12. The van der Waals surface area contributed by atoms with E-state index in [4.69, 9.17) is 10.8 Å². The molecule has 4 N–H and O–H groups in total. The van der Waals surface area contributed by atoms with Crippen LogP contribution in [-0.4, -0.2) is 30.7 Å². The van der Waals surface area contributed by atoms with Crippen molar-refractivity contribution in [2.75, 3.05) is 19.6 Å². The van der Waals surface area contributed by atoms with Gasteiger partial charge in [-0.25, -0.2) is 0 Å². The molecular formula is C8H16N2O2. The van der Waals surface area contributed by atoms with Gasteiger partial charge in [-0.3, -0.25) is 4.79 Å². The van der Waals surface area contributed by atoms with Crippen molar-refractivity contribution in [3.8, 4) is 0 Å². The van der Waals surface area contributed by atoms with Crippen molar-refractivity contribution in [1.29, 1.82) is 0 Å². The minimum absolute atomic E-state index is 0.223. The molecule has 1 aliphatic heterocycles. The molecule has 0 amide bonds. The normalized spacial score (nSPS) is 26.6. The lowest BCUT2D eigenvalue weighted by molar-refractivity contribution is -0.143. The Morgan fingerprint density at radius 3 is 2.92 bits per heavy atom. The topological polar surface area (TPSA) is 75.4 Å². The Balaban J connectivity index is 2.46. The highest BCUT2D eigenvalue weighted by atomic mass is 16.4. The molecule has 0 radical (unpaired) electrons. The van der Waals surface area contributed by atoms with Gasteiger partial charge in [0.1, 0.15) is 0 Å². The third-order valence-electron chi connectivity index (χ3n) is 2.48. The van der Waals surface area contributed by atoms with Crippen LogP contribution in [0.25, 0.3) is 0 Å². The largest absolute Gasteiger partial charge is 0.481 e. The summed E-state index contributed by atoms with van der Waals surface area (Å²) in [6, 6.07) is 0. The maximum atomic E-state index is 10.7. The van der Waals surface area contributed by atoms with Gasteiger partial charge >= 0.3 is 5.97 Å². The van der Waals surface area contributed by atoms with Gasteiger partial charge in [-0.2, -0.15) is 0 Å². The van der Waals surface area contributed by atoms with E-state index in [2.05, 4.69) is 5.32 Å². The van der Waals surface area contributed by atoms with Crippen LogP contribution < -0.4 is 11.1 Å². The monoisotopic (exact) mass is 172 g/mol. The minimum Gasteiger partial charge on any atom is -0.481 e. The van der Waals surface area contributed by atoms with Crippen molar-refractivity contribution in [3.63, 3.8) is 0 Å². The van der Waals surface area contributed by atoms with Gasteiger partial charge < -0.3 is 16.2 Å². The maximum absolute atomic E-state index is 10.7. The van der Waals surface area contributed by atoms with Gasteiger partial charge in [-0.1, -0.05) is 0 Å². The molecule has 0 aromatic rings. The number of carbonyl (C=O) groups is 1. The summed E-state index contributed by atoms with van der Waals surface area (Å²) in [6.07, 6.45) is 2.05. The van der Waals surface area contributed by atoms with Crippen molar-refractivity contribution in [2.24, 2.45) is 17.6 Å². The van der Waals surface area contributed by atoms with Gasteiger partial charge in [-0.15, -0.1) is 0 Å². The van der Waals surface area contributed by atoms with Gasteiger partial charge in [0.2, 0.25) is 0 Å². The summed E-state index contributed by atoms with van der Waals surface area (Å²) in [5, 5.41) is 12.0. The third kappa shape index (κ3) is 2.19. The van der Waals surface area contributed by atoms with Crippen LogP contribution in [0.1, 0.15) is 12.8 Å². The SMILES string of the molecule is NCC(C(=O)O)C1CCCNC1. The smallest absolute Gasteiger partial charge is 0.308 e. The summed E-state index contributed by atoms with van der Waals surface area (Å²) >= 11 is 0. The Morgan fingerprint density at radius 2 is 2.50 bits per heavy atom. The summed E-state index contributed by atoms with van der Waals surface area (Å²) in [5.74, 6) is -0.898. The van der Waals surface area contributed by atoms with Gasteiger partial charge in [0.15, 0.2) is 0 Å². The quantitative estimate of drug-likeness (QED) is 0.543. The first-order chi connectivity index (χ1) is 5.75. The summed E-state index contributed by atoms with van der Waals surface area (Å²) in [7, 11) is 0. The molecule has 0 aromatic carbocycles. The lowest BCUT2D eigenvalue weighted by atomic mass is 9.86. The van der Waals surface area contributed by atoms with Gasteiger partial charge in [0, 0.05) is 6.54 Å². The molecule has 1 saturated heterocycles. The lowest BCUT2D eigenvalue weighted by Gasteiger charge is -2.27. The number of rotatable bonds is 3. The number of piperidine rings is 1. The standard InChI is InChI=1S/C8H16N2O2/c9-4-7(8(11)12)6-2-1-3-10-5-6/h6-7,10H,1-5,9H2,(H,11,12). The second-order valence-corrected chi connectivity index (χ2v) is 3.29. The molecule has 0 aliphatic carbocycles. The van der Waals surface area contributed by atoms with Crippen LogP contribution in [0.3, 0.4) is 0 Å². The van der Waals surface area contributed by atoms with E-state index in [0.717, 1.165) is 25.9 Å². The van der Waals surface area contributed by atoms with Crippen molar-refractivity contribution in [2.45, 2.75) is 12.8 Å². The number of carboxylic acids is 1. The molecule has 4 heteroatoms. The predicted molar refractivity (Wildman–Crippen MR) is 45.8 cm³/mol. The van der Waals surface area contributed by atoms with E-state index in [0.29, 0.717) is 0 Å². The van der Waals surface area contributed by atoms with Gasteiger partial charge in [0.05, 0.1) is 5.92 Å². The first kappa shape index (κ1) is 9.48. The number of aliphatic carboxylic acids is 1. The van der Waals surface area contributed by atoms with Crippen LogP contribution in [-0.2, 0) is 4.79 Å². The summed E-state index contributed by atoms with van der Waals surface area (Å²) in [6.45, 7) is 2.06. The third-order valence-corrected chi connectivity index (χ3v) is 2.48. The van der Waals surface area contributed by atoms with E-state index in [1.165, 1.54) is 0 Å². The molecule has 0 bridgehead atoms. The Labute approximate surface area is 72.1 Å². The van der Waals surface area contributed by atoms with Crippen LogP contribution in [0.2, 0.25) is 0 Å². The summed E-state index contributed by atoms with van der Waals surface area (Å²) in [5.41, 5.74) is 5.40. The first-order valence-electron chi connectivity index (χ1n) is 4.39. The average molecular weight is 172 g/mol. The maximum Gasteiger partial charge on any atom is 0.308 e. The molecule has 2 atom stereocenters. The van der Waals surface area contributed by atoms with E-state index >= 15 is 0 Å². The van der Waals surface area contributed by atoms with Crippen molar-refractivity contribution in [1.82, 2.24) is 5.32 Å². The fourth-order valence-corrected chi connectivity index (χ4v) is 1.72. The van der Waals surface area contributed by atoms with Gasteiger partial charge in [-0.05, 0) is 31.8 Å². The molecule has 1 fully saturated rings. The molecule has 2 unspecified atom stereocenters. The van der Waals surface area contributed by atoms with Crippen molar-refractivity contribution < 1.29 is 9.90 Å². The van der Waals surface area contributed by atoms with Crippen LogP contribution in [0, 0.1) is 11.8 Å². The number of hydrogen-bond acceptors (Lipinski definition) is 3. The van der Waals surface area contributed by atoms with Crippen molar-refractivity contribution in [3.05, 3.63) is 0 Å². The van der Waals surface area contributed by atoms with E-state index in [1.807, 2.05) is 0 Å². The molecule has 1 heterocycles. The second kappa shape index (κ2) is 4.42. The van der Waals surface area contributed by atoms with E-state index in [9.17, 15) is 4.79 Å². The molecule has 1 rings (SSSR count). The van der Waals surface area contributed by atoms with Gasteiger partial charge in [0.25, 0.3) is 0 Å². The number of carboxylic acid groups (broad SMARTS) is 1. The fourth-order valence-electron chi connectivity index (χ4n) is 1.72. The van der Waals surface area contributed by atoms with Crippen LogP contribution >= 0.6 is 0 Å². The van der Waals surface area contributed by atoms with E-state index < -0.39 is 5.97 Å². The molecular weight excluding hydrogens is 156 g/mol. The second-order valence-electron chi connectivity index (χ2n) is 3.29. The minimum atomic E-state index is -0.758. The predicted octanol–water partition coefficient (Wildman–Crippen LogP) is -0.355. The van der Waals surface area contributed by atoms with Crippen molar-refractivity contribution >= 4 is 5.97 Å². The zero-order valence-electron chi connectivity index (χ0n) is 7.12. The summed E-state index contributed by atoms with van der Waals surface area (Å²) in [4.78, 5) is 10.7. The lowest BCUT2D eigenvalue weighted by Crippen LogP contribution is -2.40. The van der Waals surface area contributed by atoms with E-state index in [-0.39, 0.29) is 18.4 Å². The van der Waals surface area contributed by atoms with Crippen LogP contribution in [0.5, 0.6) is 0 Å². The molecule has 0 saturated carbocycles. The van der Waals surface area contributed by atoms with E-state index in [1.54, 1.807) is 0 Å². The number of hydrogen-bond donors (Lipinski definition) is 3. The molecule has 0 aromatic heterocycles. The Hall–Kier alpha value is -0.610. The zero-order chi connectivity index (χ0) is 8.97. The highest BCUT2D eigenvalue weighted by Crippen LogP contribution is 2.19. The molecule has 70 valence electrons. The Bertz CT molecular complexity index is 155. The summed E-state index contributed by atoms with van der Waals surface area (Å²) < 4.78 is 0. The molecule has 0 spiro atoms. The fraction of sp³-hybridized carbons (Fsp3) is 0.875. The Morgan fingerprint density at radius 1 is 1.75 bits per heavy atom. The number of nitrogens with one attached hydrogen (secondary N) is 1. The molecule has 1 aliphatic rings. The first-order valence-corrected chi connectivity index (χ1v) is 4.39. The highest BCUT2D eigenvalue weighted by Gasteiger charge is 2.27.